The minimum atomic E-state index is -1.80. The van der Waals surface area contributed by atoms with Gasteiger partial charge in [-0.1, -0.05) is 24.1 Å². The molecular formula is C28H27F2N3O4. The van der Waals surface area contributed by atoms with Gasteiger partial charge >= 0.3 is 0 Å². The maximum absolute atomic E-state index is 14.8. The highest BCUT2D eigenvalue weighted by atomic mass is 19.1. The van der Waals surface area contributed by atoms with E-state index in [1.165, 1.54) is 36.9 Å². The van der Waals surface area contributed by atoms with Crippen LogP contribution in [-0.2, 0) is 26.2 Å². The first-order valence-electron chi connectivity index (χ1n) is 12.1. The first kappa shape index (κ1) is 24.8. The van der Waals surface area contributed by atoms with E-state index in [1.807, 2.05) is 12.1 Å². The van der Waals surface area contributed by atoms with Crippen molar-refractivity contribution in [2.45, 2.75) is 62.4 Å². The van der Waals surface area contributed by atoms with Crippen molar-refractivity contribution >= 4 is 23.4 Å². The largest absolute Gasteiger partial charge is 0.480 e. The van der Waals surface area contributed by atoms with E-state index in [-0.39, 0.29) is 31.7 Å². The van der Waals surface area contributed by atoms with Gasteiger partial charge in [-0.2, -0.15) is 0 Å². The molecule has 3 aliphatic rings. The average molecular weight is 508 g/mol. The molecule has 0 radical (unpaired) electrons. The molecule has 2 aromatic carbocycles. The number of amides is 3. The first-order valence-corrected chi connectivity index (χ1v) is 12.1. The summed E-state index contributed by atoms with van der Waals surface area (Å²) in [7, 11) is 0. The number of fused-ring (bicyclic) bond motifs is 3. The second-order valence-electron chi connectivity index (χ2n) is 10.5. The summed E-state index contributed by atoms with van der Waals surface area (Å²) >= 11 is 0. The Morgan fingerprint density at radius 1 is 1.32 bits per heavy atom. The standard InChI is InChI=1S/C28H27F2N3O4/c1-4-18-13-28(19-7-5-6-8-20(19)32-26(28)36)15-33(18)25(35)21(14-27(2,3)30)31-24(34)23-12-16-11-17(29)9-10-22(16)37-23/h1,5-11,18,21,23H,12-15H2,2-3H3,(H,31,34)(H,32,36)/t18-,21+,23?,28+/m1/s1. The third-order valence-electron chi connectivity index (χ3n) is 7.25. The highest BCUT2D eigenvalue weighted by Crippen LogP contribution is 2.46. The van der Waals surface area contributed by atoms with Crippen molar-refractivity contribution in [3.63, 3.8) is 0 Å². The minimum Gasteiger partial charge on any atom is -0.480 e. The molecule has 1 unspecified atom stereocenters. The summed E-state index contributed by atoms with van der Waals surface area (Å²) in [6.07, 6.45) is 4.81. The molecule has 2 aromatic rings. The van der Waals surface area contributed by atoms with Crippen molar-refractivity contribution in [1.82, 2.24) is 10.2 Å². The first-order chi connectivity index (χ1) is 17.5. The Hall–Kier alpha value is -3.93. The second-order valence-corrected chi connectivity index (χ2v) is 10.5. The number of carbonyl (C=O) groups is 3. The van der Waals surface area contributed by atoms with Crippen molar-refractivity contribution in [1.29, 1.82) is 0 Å². The van der Waals surface area contributed by atoms with Gasteiger partial charge in [-0.3, -0.25) is 14.4 Å². The van der Waals surface area contributed by atoms with Crippen molar-refractivity contribution in [2.24, 2.45) is 0 Å². The number of hydrogen-bond donors (Lipinski definition) is 2. The van der Waals surface area contributed by atoms with Gasteiger partial charge in [-0.05, 0) is 50.1 Å². The van der Waals surface area contributed by atoms with E-state index < -0.39 is 46.9 Å². The molecule has 4 atom stereocenters. The van der Waals surface area contributed by atoms with Crippen LogP contribution in [0.15, 0.2) is 42.5 Å². The molecule has 0 aliphatic carbocycles. The zero-order valence-corrected chi connectivity index (χ0v) is 20.5. The van der Waals surface area contributed by atoms with E-state index in [2.05, 4.69) is 16.6 Å². The van der Waals surface area contributed by atoms with Gasteiger partial charge in [0.1, 0.15) is 23.3 Å². The average Bonchev–Trinajstić information content (AvgIpc) is 3.51. The summed E-state index contributed by atoms with van der Waals surface area (Å²) in [6, 6.07) is 9.24. The lowest BCUT2D eigenvalue weighted by atomic mass is 9.79. The minimum absolute atomic E-state index is 0.00722. The topological polar surface area (TPSA) is 87.7 Å². The monoisotopic (exact) mass is 507 g/mol. The van der Waals surface area contributed by atoms with Gasteiger partial charge in [-0.15, -0.1) is 6.42 Å². The Morgan fingerprint density at radius 2 is 2.08 bits per heavy atom. The van der Waals surface area contributed by atoms with E-state index >= 15 is 0 Å². The molecule has 0 saturated carbocycles. The zero-order chi connectivity index (χ0) is 26.5. The van der Waals surface area contributed by atoms with Gasteiger partial charge in [-0.25, -0.2) is 8.78 Å². The normalized spacial score (nSPS) is 24.6. The maximum atomic E-state index is 14.8. The molecule has 192 valence electrons. The number of carbonyl (C=O) groups excluding carboxylic acids is 3. The number of rotatable bonds is 5. The van der Waals surface area contributed by atoms with E-state index in [1.54, 1.807) is 12.1 Å². The molecular weight excluding hydrogens is 480 g/mol. The molecule has 1 spiro atoms. The Bertz CT molecular complexity index is 1330. The van der Waals surface area contributed by atoms with Crippen LogP contribution in [-0.4, -0.2) is 53.0 Å². The van der Waals surface area contributed by atoms with Gasteiger partial charge < -0.3 is 20.3 Å². The Labute approximate surface area is 213 Å². The SMILES string of the molecule is C#C[C@@H]1C[C@@]2(CN1C(=O)[C@H](CC(C)(C)F)NC(=O)C1Cc3cc(F)ccc3O1)C(=O)Nc1ccccc12. The number of ether oxygens (including phenoxy) is 1. The molecule has 2 N–H and O–H groups in total. The van der Waals surface area contributed by atoms with Crippen LogP contribution in [0, 0.1) is 18.2 Å². The number of nitrogens with one attached hydrogen (secondary N) is 2. The molecule has 3 amide bonds. The molecule has 0 aromatic heterocycles. The highest BCUT2D eigenvalue weighted by Gasteiger charge is 2.56. The van der Waals surface area contributed by atoms with Crippen LogP contribution in [0.4, 0.5) is 14.5 Å². The summed E-state index contributed by atoms with van der Waals surface area (Å²) in [6.45, 7) is 2.64. The molecule has 3 aliphatic heterocycles. The second kappa shape index (κ2) is 8.87. The van der Waals surface area contributed by atoms with Crippen molar-refractivity contribution in [3.8, 4) is 18.1 Å². The van der Waals surface area contributed by atoms with Crippen LogP contribution in [0.2, 0.25) is 0 Å². The smallest absolute Gasteiger partial charge is 0.262 e. The summed E-state index contributed by atoms with van der Waals surface area (Å²) in [5, 5.41) is 5.50. The number of anilines is 1. The number of hydrogen-bond acceptors (Lipinski definition) is 4. The van der Waals surface area contributed by atoms with Crippen LogP contribution < -0.4 is 15.4 Å². The Kier molecular flexibility index (Phi) is 5.94. The van der Waals surface area contributed by atoms with Crippen molar-refractivity contribution in [2.75, 3.05) is 11.9 Å². The third kappa shape index (κ3) is 4.41. The molecule has 37 heavy (non-hydrogen) atoms. The lowest BCUT2D eigenvalue weighted by molar-refractivity contribution is -0.139. The fourth-order valence-corrected chi connectivity index (χ4v) is 5.53. The zero-order valence-electron chi connectivity index (χ0n) is 20.5. The maximum Gasteiger partial charge on any atom is 0.262 e. The number of benzene rings is 2. The van der Waals surface area contributed by atoms with Crippen molar-refractivity contribution < 1.29 is 27.9 Å². The lowest BCUT2D eigenvalue weighted by Crippen LogP contribution is -2.54. The predicted octanol–water partition coefficient (Wildman–Crippen LogP) is 2.88. The molecule has 3 heterocycles. The summed E-state index contributed by atoms with van der Waals surface area (Å²) in [4.78, 5) is 41.4. The van der Waals surface area contributed by atoms with E-state index in [9.17, 15) is 23.2 Å². The molecule has 7 nitrogen and oxygen atoms in total. The Balaban J connectivity index is 1.38. The van der Waals surface area contributed by atoms with Crippen molar-refractivity contribution in [3.05, 3.63) is 59.4 Å². The van der Waals surface area contributed by atoms with Gasteiger partial charge in [0.25, 0.3) is 5.91 Å². The number of alkyl halides is 1. The summed E-state index contributed by atoms with van der Waals surface area (Å²) in [5.74, 6) is 1.10. The van der Waals surface area contributed by atoms with E-state index in [0.717, 1.165) is 5.56 Å². The third-order valence-corrected chi connectivity index (χ3v) is 7.25. The fraction of sp³-hybridized carbons (Fsp3) is 0.393. The number of halogens is 2. The molecule has 0 bridgehead atoms. The quantitative estimate of drug-likeness (QED) is 0.610. The van der Waals surface area contributed by atoms with Gasteiger partial charge in [0.2, 0.25) is 11.8 Å². The predicted molar refractivity (Wildman–Crippen MR) is 132 cm³/mol. The van der Waals surface area contributed by atoms with Crippen LogP contribution >= 0.6 is 0 Å². The molecule has 1 fully saturated rings. The number of likely N-dealkylation sites (tertiary alicyclic amines) is 1. The van der Waals surface area contributed by atoms with Gasteiger partial charge in [0, 0.05) is 30.6 Å². The van der Waals surface area contributed by atoms with Gasteiger partial charge in [0.15, 0.2) is 6.10 Å². The van der Waals surface area contributed by atoms with Crippen LogP contribution in [0.3, 0.4) is 0 Å². The highest BCUT2D eigenvalue weighted by molar-refractivity contribution is 6.07. The summed E-state index contributed by atoms with van der Waals surface area (Å²) < 4.78 is 34.0. The van der Waals surface area contributed by atoms with Crippen LogP contribution in [0.25, 0.3) is 0 Å². The van der Waals surface area contributed by atoms with Crippen LogP contribution in [0.5, 0.6) is 5.75 Å². The molecule has 9 heteroatoms. The van der Waals surface area contributed by atoms with E-state index in [4.69, 9.17) is 11.2 Å². The Morgan fingerprint density at radius 3 is 2.81 bits per heavy atom. The van der Waals surface area contributed by atoms with Crippen LogP contribution in [0.1, 0.15) is 37.8 Å². The molecule has 1 saturated heterocycles. The summed E-state index contributed by atoms with van der Waals surface area (Å²) in [5.41, 5.74) is -0.860. The fourth-order valence-electron chi connectivity index (χ4n) is 5.53. The number of terminal acetylenes is 1. The molecule has 5 rings (SSSR count). The number of para-hydroxylation sites is 1. The number of nitrogens with zero attached hydrogens (tertiary/aromatic N) is 1. The van der Waals surface area contributed by atoms with E-state index in [0.29, 0.717) is 17.0 Å². The lowest BCUT2D eigenvalue weighted by Gasteiger charge is -2.30. The van der Waals surface area contributed by atoms with Gasteiger partial charge in [0.05, 0.1) is 11.5 Å².